The number of rotatable bonds is 2. The van der Waals surface area contributed by atoms with Gasteiger partial charge in [0.05, 0.1) is 0 Å². The minimum Gasteiger partial charge on any atom is -0.503 e. The van der Waals surface area contributed by atoms with Crippen molar-refractivity contribution in [3.05, 3.63) is 24.5 Å². The quantitative estimate of drug-likeness (QED) is 0.635. The van der Waals surface area contributed by atoms with Gasteiger partial charge in [0, 0.05) is 12.0 Å². The lowest BCUT2D eigenvalue weighted by Crippen LogP contribution is -2.34. The molecule has 0 bridgehead atoms. The molecule has 1 aromatic heterocycles. The summed E-state index contributed by atoms with van der Waals surface area (Å²) < 4.78 is 1.99. The molecule has 60 valence electrons. The van der Waals surface area contributed by atoms with Crippen molar-refractivity contribution in [3.8, 4) is 5.75 Å². The first-order valence-corrected chi connectivity index (χ1v) is 3.86. The van der Waals surface area contributed by atoms with Gasteiger partial charge in [-0.25, -0.2) is 4.57 Å². The van der Waals surface area contributed by atoms with E-state index in [2.05, 4.69) is 13.8 Å². The van der Waals surface area contributed by atoms with Gasteiger partial charge >= 0.3 is 0 Å². The molecule has 0 unspecified atom stereocenters. The molecule has 1 aromatic rings. The fourth-order valence-corrected chi connectivity index (χ4v) is 1.04. The van der Waals surface area contributed by atoms with Crippen LogP contribution in [0.4, 0.5) is 0 Å². The number of aromatic hydroxyl groups is 1. The molecule has 0 amide bonds. The van der Waals surface area contributed by atoms with Crippen LogP contribution in [0.3, 0.4) is 0 Å². The third-order valence-electron chi connectivity index (χ3n) is 1.42. The van der Waals surface area contributed by atoms with Gasteiger partial charge in [-0.15, -0.1) is 0 Å². The van der Waals surface area contributed by atoms with Crippen LogP contribution in [0, 0.1) is 5.92 Å². The second-order valence-corrected chi connectivity index (χ2v) is 3.15. The van der Waals surface area contributed by atoms with Crippen LogP contribution in [-0.4, -0.2) is 5.11 Å². The summed E-state index contributed by atoms with van der Waals surface area (Å²) in [6.07, 6.45) is 3.69. The Morgan fingerprint density at radius 3 is 2.82 bits per heavy atom. The summed E-state index contributed by atoms with van der Waals surface area (Å²) in [5, 5.41) is 9.11. The first kappa shape index (κ1) is 8.05. The molecule has 1 N–H and O–H groups in total. The standard InChI is InChI=1S/C9H13NO/c1-8(2)6-10-5-3-4-9(11)7-10/h3-5,7-8H,6H2,1-2H3/p+1. The molecule has 0 aliphatic carbocycles. The molecule has 0 atom stereocenters. The zero-order chi connectivity index (χ0) is 8.27. The van der Waals surface area contributed by atoms with Gasteiger partial charge in [0.25, 0.3) is 0 Å². The minimum atomic E-state index is 0.327. The summed E-state index contributed by atoms with van der Waals surface area (Å²) in [5.74, 6) is 0.940. The summed E-state index contributed by atoms with van der Waals surface area (Å²) in [6, 6.07) is 3.52. The maximum atomic E-state index is 9.11. The highest BCUT2D eigenvalue weighted by atomic mass is 16.3. The molecule has 0 saturated carbocycles. The third-order valence-corrected chi connectivity index (χ3v) is 1.42. The van der Waals surface area contributed by atoms with Crippen molar-refractivity contribution in [3.63, 3.8) is 0 Å². The monoisotopic (exact) mass is 152 g/mol. The lowest BCUT2D eigenvalue weighted by Gasteiger charge is -1.98. The highest BCUT2D eigenvalue weighted by molar-refractivity contribution is 5.09. The van der Waals surface area contributed by atoms with Crippen molar-refractivity contribution in [1.29, 1.82) is 0 Å². The topological polar surface area (TPSA) is 24.1 Å². The summed E-state index contributed by atoms with van der Waals surface area (Å²) in [5.41, 5.74) is 0. The van der Waals surface area contributed by atoms with Gasteiger partial charge in [0.15, 0.2) is 18.5 Å². The Morgan fingerprint density at radius 2 is 2.27 bits per heavy atom. The van der Waals surface area contributed by atoms with E-state index >= 15 is 0 Å². The van der Waals surface area contributed by atoms with E-state index in [9.17, 15) is 0 Å². The molecule has 1 rings (SSSR count). The molecular weight excluding hydrogens is 138 g/mol. The van der Waals surface area contributed by atoms with Gasteiger partial charge in [-0.2, -0.15) is 0 Å². The average molecular weight is 152 g/mol. The van der Waals surface area contributed by atoms with E-state index in [1.807, 2.05) is 16.8 Å². The Hall–Kier alpha value is -1.05. The van der Waals surface area contributed by atoms with Crippen molar-refractivity contribution in [2.24, 2.45) is 5.92 Å². The average Bonchev–Trinajstić information content (AvgIpc) is 1.85. The number of aromatic nitrogens is 1. The first-order valence-electron chi connectivity index (χ1n) is 3.86. The maximum absolute atomic E-state index is 9.11. The highest BCUT2D eigenvalue weighted by Gasteiger charge is 2.03. The second-order valence-electron chi connectivity index (χ2n) is 3.15. The van der Waals surface area contributed by atoms with E-state index in [1.165, 1.54) is 0 Å². The van der Waals surface area contributed by atoms with Crippen molar-refractivity contribution in [1.82, 2.24) is 0 Å². The Labute approximate surface area is 67.1 Å². The van der Waals surface area contributed by atoms with Crippen LogP contribution in [0.2, 0.25) is 0 Å². The molecule has 0 fully saturated rings. The van der Waals surface area contributed by atoms with Crippen molar-refractivity contribution in [2.75, 3.05) is 0 Å². The van der Waals surface area contributed by atoms with Gasteiger partial charge in [0.1, 0.15) is 0 Å². The predicted octanol–water partition coefficient (Wildman–Crippen LogP) is 1.34. The SMILES string of the molecule is CC(C)C[n+]1cccc(O)c1. The van der Waals surface area contributed by atoms with Crippen LogP contribution in [-0.2, 0) is 6.54 Å². The molecule has 2 nitrogen and oxygen atoms in total. The molecule has 1 heterocycles. The molecule has 11 heavy (non-hydrogen) atoms. The Kier molecular flexibility index (Phi) is 2.47. The summed E-state index contributed by atoms with van der Waals surface area (Å²) >= 11 is 0. The van der Waals surface area contributed by atoms with Gasteiger partial charge < -0.3 is 5.11 Å². The van der Waals surface area contributed by atoms with E-state index in [4.69, 9.17) is 5.11 Å². The van der Waals surface area contributed by atoms with E-state index < -0.39 is 0 Å². The lowest BCUT2D eigenvalue weighted by molar-refractivity contribution is -0.702. The highest BCUT2D eigenvalue weighted by Crippen LogP contribution is 2.01. The fraction of sp³-hybridized carbons (Fsp3) is 0.444. The van der Waals surface area contributed by atoms with Gasteiger partial charge in [-0.05, 0) is 6.07 Å². The van der Waals surface area contributed by atoms with E-state index in [-0.39, 0.29) is 0 Å². The van der Waals surface area contributed by atoms with Crippen molar-refractivity contribution >= 4 is 0 Å². The normalized spacial score (nSPS) is 10.5. The molecule has 0 radical (unpaired) electrons. The van der Waals surface area contributed by atoms with E-state index in [0.29, 0.717) is 11.7 Å². The number of hydrogen-bond acceptors (Lipinski definition) is 1. The largest absolute Gasteiger partial charge is 0.503 e. The van der Waals surface area contributed by atoms with Gasteiger partial charge in [-0.1, -0.05) is 13.8 Å². The zero-order valence-corrected chi connectivity index (χ0v) is 6.99. The van der Waals surface area contributed by atoms with Crippen LogP contribution in [0.5, 0.6) is 5.75 Å². The van der Waals surface area contributed by atoms with Crippen molar-refractivity contribution < 1.29 is 9.67 Å². The van der Waals surface area contributed by atoms with Crippen LogP contribution in [0.25, 0.3) is 0 Å². The molecule has 0 saturated heterocycles. The smallest absolute Gasteiger partial charge is 0.210 e. The Morgan fingerprint density at radius 1 is 1.55 bits per heavy atom. The third kappa shape index (κ3) is 2.58. The fourth-order valence-electron chi connectivity index (χ4n) is 1.04. The van der Waals surface area contributed by atoms with E-state index in [0.717, 1.165) is 6.54 Å². The number of pyridine rings is 1. The van der Waals surface area contributed by atoms with E-state index in [1.54, 1.807) is 12.3 Å². The molecule has 0 aliphatic heterocycles. The molecule has 2 heteroatoms. The van der Waals surface area contributed by atoms with Gasteiger partial charge in [0.2, 0.25) is 6.20 Å². The predicted molar refractivity (Wildman–Crippen MR) is 43.1 cm³/mol. The summed E-state index contributed by atoms with van der Waals surface area (Å²) in [7, 11) is 0. The van der Waals surface area contributed by atoms with Crippen LogP contribution in [0.15, 0.2) is 24.5 Å². The molecule has 0 aromatic carbocycles. The van der Waals surface area contributed by atoms with Crippen LogP contribution >= 0.6 is 0 Å². The number of nitrogens with zero attached hydrogens (tertiary/aromatic N) is 1. The summed E-state index contributed by atoms with van der Waals surface area (Å²) in [6.45, 7) is 5.25. The van der Waals surface area contributed by atoms with Crippen LogP contribution in [0.1, 0.15) is 13.8 Å². The van der Waals surface area contributed by atoms with Crippen LogP contribution < -0.4 is 4.57 Å². The Bertz CT molecular complexity index is 233. The van der Waals surface area contributed by atoms with Gasteiger partial charge in [-0.3, -0.25) is 0 Å². The second kappa shape index (κ2) is 3.37. The van der Waals surface area contributed by atoms with Crippen molar-refractivity contribution in [2.45, 2.75) is 20.4 Å². The zero-order valence-electron chi connectivity index (χ0n) is 6.99. The molecule has 0 spiro atoms. The molecular formula is C9H14NO+. The minimum absolute atomic E-state index is 0.327. The first-order chi connectivity index (χ1) is 5.18. The Balaban J connectivity index is 2.71. The lowest BCUT2D eigenvalue weighted by atomic mass is 10.2. The molecule has 0 aliphatic rings. The summed E-state index contributed by atoms with van der Waals surface area (Å²) in [4.78, 5) is 0. The maximum Gasteiger partial charge on any atom is 0.210 e. The number of hydrogen-bond donors (Lipinski definition) is 1.